The minimum absolute atomic E-state index is 0.0563. The van der Waals surface area contributed by atoms with Gasteiger partial charge in [-0.1, -0.05) is 45.9 Å². The number of hydrogen-bond donors (Lipinski definition) is 1. The van der Waals surface area contributed by atoms with E-state index in [0.29, 0.717) is 12.5 Å². The average Bonchev–Trinajstić information content (AvgIpc) is 2.90. The van der Waals surface area contributed by atoms with Gasteiger partial charge in [-0.3, -0.25) is 4.55 Å². The molecule has 3 aromatic carbocycles. The molecule has 1 saturated heterocycles. The lowest BCUT2D eigenvalue weighted by Gasteiger charge is -2.44. The van der Waals surface area contributed by atoms with Crippen LogP contribution in [0, 0.1) is 11.3 Å². The van der Waals surface area contributed by atoms with Crippen molar-refractivity contribution in [3.63, 3.8) is 0 Å². The zero-order valence-electron chi connectivity index (χ0n) is 23.1. The Kier molecular flexibility index (Phi) is 8.97. The van der Waals surface area contributed by atoms with E-state index in [2.05, 4.69) is 27.7 Å². The summed E-state index contributed by atoms with van der Waals surface area (Å²) in [5.41, 5.74) is 0.847. The van der Waals surface area contributed by atoms with E-state index in [1.165, 1.54) is 12.1 Å². The molecule has 4 rings (SSSR count). The molecule has 1 N–H and O–H groups in total. The van der Waals surface area contributed by atoms with Crippen molar-refractivity contribution >= 4 is 21.0 Å². The predicted molar refractivity (Wildman–Crippen MR) is 150 cm³/mol. The van der Waals surface area contributed by atoms with Crippen LogP contribution in [0.1, 0.15) is 46.5 Å². The van der Waals surface area contributed by atoms with Crippen LogP contribution in [0.4, 0.5) is 8.78 Å². The van der Waals surface area contributed by atoms with Gasteiger partial charge in [-0.25, -0.2) is 0 Å². The van der Waals surface area contributed by atoms with Gasteiger partial charge >= 0.3 is 15.4 Å². The zero-order valence-corrected chi connectivity index (χ0v) is 24.7. The number of halogens is 2. The lowest BCUT2D eigenvalue weighted by molar-refractivity contribution is -0.274. The Bertz CT molecular complexity index is 1380. The maximum Gasteiger partial charge on any atom is 0.405 e. The summed E-state index contributed by atoms with van der Waals surface area (Å²) >= 11 is 0. The largest absolute Gasteiger partial charge is 0.483 e. The lowest BCUT2D eigenvalue weighted by Crippen LogP contribution is -2.45. The van der Waals surface area contributed by atoms with Crippen LogP contribution in [0.15, 0.2) is 93.5 Å². The molecule has 4 atom stereocenters. The fourth-order valence-corrected chi connectivity index (χ4v) is 7.36. The molecule has 1 aliphatic heterocycles. The van der Waals surface area contributed by atoms with E-state index < -0.39 is 38.7 Å². The first-order valence-electron chi connectivity index (χ1n) is 13.0. The molecule has 10 heteroatoms. The average molecular weight is 594 g/mol. The van der Waals surface area contributed by atoms with Crippen molar-refractivity contribution in [2.75, 3.05) is 6.61 Å². The molecule has 1 aliphatic rings. The van der Waals surface area contributed by atoms with Crippen molar-refractivity contribution in [2.45, 2.75) is 73.1 Å². The Morgan fingerprint density at radius 2 is 1.45 bits per heavy atom. The predicted octanol–water partition coefficient (Wildman–Crippen LogP) is 7.13. The van der Waals surface area contributed by atoms with E-state index in [4.69, 9.17) is 18.8 Å². The maximum absolute atomic E-state index is 13.9. The van der Waals surface area contributed by atoms with Crippen LogP contribution in [0.3, 0.4) is 0 Å². The third-order valence-electron chi connectivity index (χ3n) is 6.81. The summed E-state index contributed by atoms with van der Waals surface area (Å²) in [6.07, 6.45) is -2.48. The van der Waals surface area contributed by atoms with Crippen molar-refractivity contribution in [3.8, 4) is 5.75 Å². The Labute approximate surface area is 237 Å². The quantitative estimate of drug-likeness (QED) is 0.210. The number of ether oxygens (including phenoxy) is 3. The molecule has 1 fully saturated rings. The van der Waals surface area contributed by atoms with E-state index in [1.54, 1.807) is 12.1 Å². The number of alkyl halides is 2. The summed E-state index contributed by atoms with van der Waals surface area (Å²) in [6.45, 7) is 10.1. The summed E-state index contributed by atoms with van der Waals surface area (Å²) in [6, 6.07) is 24.6. The summed E-state index contributed by atoms with van der Waals surface area (Å²) < 4.78 is 76.5. The van der Waals surface area contributed by atoms with Gasteiger partial charge in [-0.15, -0.1) is 0 Å². The third-order valence-corrected chi connectivity index (χ3v) is 10.1. The summed E-state index contributed by atoms with van der Waals surface area (Å²) in [5.74, 6) is 0.402. The topological polar surface area (TPSA) is 82.1 Å². The number of rotatable bonds is 9. The lowest BCUT2D eigenvalue weighted by atomic mass is 9.80. The standard InChI is InChI=1S/C30H34F2O6S2/c1-20(2)27-29(4,5)19-36-28(38-27)22-11-15-25(16-12-22)39(24-9-7-6-8-10-24)26-17-13-23(14-18-26)37-21(3)30(31,32)40(33,34)35/h6-18,20-21,27-28H,19H2,1-5H3/p+1. The molecule has 0 spiro atoms. The summed E-state index contributed by atoms with van der Waals surface area (Å²) in [5, 5.41) is -4.45. The molecule has 216 valence electrons. The third kappa shape index (κ3) is 6.52. The molecule has 0 bridgehead atoms. The molecule has 0 saturated carbocycles. The van der Waals surface area contributed by atoms with Crippen molar-refractivity contribution in [3.05, 3.63) is 84.4 Å². The number of hydrogen-bond acceptors (Lipinski definition) is 5. The zero-order chi connectivity index (χ0) is 29.3. The van der Waals surface area contributed by atoms with Crippen molar-refractivity contribution in [1.29, 1.82) is 0 Å². The Hall–Kier alpha value is -2.50. The smallest absolute Gasteiger partial charge is 0.405 e. The van der Waals surface area contributed by atoms with Crippen LogP contribution in [0.5, 0.6) is 5.75 Å². The molecule has 40 heavy (non-hydrogen) atoms. The second-order valence-electron chi connectivity index (χ2n) is 10.9. The highest BCUT2D eigenvalue weighted by Crippen LogP contribution is 2.40. The van der Waals surface area contributed by atoms with Crippen LogP contribution in [-0.2, 0) is 30.5 Å². The van der Waals surface area contributed by atoms with Gasteiger partial charge in [0.05, 0.1) is 23.6 Å². The van der Waals surface area contributed by atoms with Crippen molar-refractivity contribution in [2.24, 2.45) is 11.3 Å². The minimum Gasteiger partial charge on any atom is -0.483 e. The van der Waals surface area contributed by atoms with Gasteiger partial charge in [0, 0.05) is 11.0 Å². The first-order chi connectivity index (χ1) is 18.7. The Balaban J connectivity index is 1.59. The van der Waals surface area contributed by atoms with Gasteiger partial charge in [-0.2, -0.15) is 17.2 Å². The van der Waals surface area contributed by atoms with Crippen molar-refractivity contribution in [1.82, 2.24) is 0 Å². The van der Waals surface area contributed by atoms with E-state index in [0.717, 1.165) is 27.2 Å². The van der Waals surface area contributed by atoms with Crippen LogP contribution in [-0.4, -0.2) is 37.0 Å². The van der Waals surface area contributed by atoms with Crippen LogP contribution in [0.2, 0.25) is 0 Å². The van der Waals surface area contributed by atoms with Crippen molar-refractivity contribution < 1.29 is 36.0 Å². The van der Waals surface area contributed by atoms with Gasteiger partial charge < -0.3 is 14.2 Å². The maximum atomic E-state index is 13.9. The molecule has 1 heterocycles. The highest BCUT2D eigenvalue weighted by molar-refractivity contribution is 7.97. The Morgan fingerprint density at radius 3 is 1.98 bits per heavy atom. The molecule has 4 unspecified atom stereocenters. The first kappa shape index (κ1) is 30.5. The van der Waals surface area contributed by atoms with Gasteiger partial charge in [0.1, 0.15) is 5.75 Å². The fourth-order valence-electron chi connectivity index (χ4n) is 4.83. The monoisotopic (exact) mass is 593 g/mol. The molecular formula is C30H35F2O6S2+. The van der Waals surface area contributed by atoms with Crippen LogP contribution in [0.25, 0.3) is 0 Å². The van der Waals surface area contributed by atoms with Gasteiger partial charge in [-0.05, 0) is 73.5 Å². The number of benzene rings is 3. The highest BCUT2D eigenvalue weighted by atomic mass is 32.2. The Morgan fingerprint density at radius 1 is 0.925 bits per heavy atom. The second kappa shape index (κ2) is 11.8. The second-order valence-corrected chi connectivity index (χ2v) is 14.4. The summed E-state index contributed by atoms with van der Waals surface area (Å²) in [7, 11) is -6.14. The van der Waals surface area contributed by atoms with E-state index in [-0.39, 0.29) is 17.3 Å². The van der Waals surface area contributed by atoms with Gasteiger partial charge in [0.25, 0.3) is 0 Å². The SMILES string of the molecule is CC(C)C1OC(c2ccc([S+](c3ccccc3)c3ccc(OC(C)C(F)(F)S(=O)(=O)O)cc3)cc2)OCC1(C)C. The fraction of sp³-hybridized carbons (Fsp3) is 0.400. The molecule has 0 aromatic heterocycles. The van der Waals surface area contributed by atoms with Crippen LogP contribution >= 0.6 is 0 Å². The van der Waals surface area contributed by atoms with Gasteiger partial charge in [0.2, 0.25) is 0 Å². The normalized spacial score (nSPS) is 21.1. The highest BCUT2D eigenvalue weighted by Gasteiger charge is 2.51. The summed E-state index contributed by atoms with van der Waals surface area (Å²) in [4.78, 5) is 3.00. The minimum atomic E-state index is -5.62. The van der Waals surface area contributed by atoms with Crippen LogP contribution < -0.4 is 4.74 Å². The van der Waals surface area contributed by atoms with E-state index in [1.807, 2.05) is 54.6 Å². The molecule has 0 aliphatic carbocycles. The van der Waals surface area contributed by atoms with E-state index >= 15 is 0 Å². The van der Waals surface area contributed by atoms with Gasteiger partial charge in [0.15, 0.2) is 27.1 Å². The molecule has 0 radical (unpaired) electrons. The van der Waals surface area contributed by atoms with E-state index in [9.17, 15) is 17.2 Å². The molecule has 3 aromatic rings. The molecule has 0 amide bonds. The molecular weight excluding hydrogens is 558 g/mol. The first-order valence-corrected chi connectivity index (χ1v) is 15.6. The molecule has 6 nitrogen and oxygen atoms in total.